The Bertz CT molecular complexity index is 576. The number of hydrogen-bond donors (Lipinski definition) is 0. The highest BCUT2D eigenvalue weighted by atomic mass is 28.3. The van der Waals surface area contributed by atoms with Crippen molar-refractivity contribution in [3.8, 4) is 11.1 Å². The third-order valence-corrected chi connectivity index (χ3v) is 5.09. The van der Waals surface area contributed by atoms with Crippen LogP contribution in [0.4, 0.5) is 0 Å². The molecule has 0 bridgehead atoms. The zero-order chi connectivity index (χ0) is 12.5. The molecule has 0 aromatic heterocycles. The fraction of sp³-hybridized carbons (Fsp3) is 0.200. The Morgan fingerprint density at radius 3 is 2.39 bits per heavy atom. The summed E-state index contributed by atoms with van der Waals surface area (Å²) in [6, 6.07) is 15.0. The van der Waals surface area contributed by atoms with Gasteiger partial charge in [0.1, 0.15) is 0 Å². The van der Waals surface area contributed by atoms with E-state index >= 15 is 0 Å². The summed E-state index contributed by atoms with van der Waals surface area (Å²) in [5.41, 5.74) is 5.45. The maximum atomic E-state index is 5.49. The van der Waals surface area contributed by atoms with E-state index in [0.29, 0.717) is 0 Å². The van der Waals surface area contributed by atoms with E-state index in [1.807, 2.05) is 0 Å². The topological polar surface area (TPSA) is 18.5 Å². The number of fused-ring (bicyclic) bond motifs is 3. The van der Waals surface area contributed by atoms with Gasteiger partial charge in [-0.3, -0.25) is 0 Å². The number of benzene rings is 2. The van der Waals surface area contributed by atoms with Crippen molar-refractivity contribution < 1.29 is 8.85 Å². The maximum absolute atomic E-state index is 5.49. The molecule has 2 aromatic rings. The van der Waals surface area contributed by atoms with E-state index in [1.54, 1.807) is 14.2 Å². The zero-order valence-electron chi connectivity index (χ0n) is 10.6. The van der Waals surface area contributed by atoms with Crippen molar-refractivity contribution in [1.82, 2.24) is 0 Å². The summed E-state index contributed by atoms with van der Waals surface area (Å²) < 4.78 is 11.0. The van der Waals surface area contributed by atoms with Crippen LogP contribution in [0.1, 0.15) is 11.1 Å². The third kappa shape index (κ3) is 1.72. The summed E-state index contributed by atoms with van der Waals surface area (Å²) in [4.78, 5) is 0. The molecule has 91 valence electrons. The van der Waals surface area contributed by atoms with E-state index in [4.69, 9.17) is 8.85 Å². The molecule has 1 aliphatic rings. The van der Waals surface area contributed by atoms with Gasteiger partial charge in [0.25, 0.3) is 0 Å². The van der Waals surface area contributed by atoms with E-state index in [1.165, 1.54) is 27.4 Å². The SMILES string of the molecule is CO[Si](OC)c1cccc2c1Cc1ccccc1-2. The van der Waals surface area contributed by atoms with Gasteiger partial charge in [-0.05, 0) is 33.9 Å². The van der Waals surface area contributed by atoms with Crippen molar-refractivity contribution in [2.24, 2.45) is 0 Å². The smallest absolute Gasteiger partial charge is 0.393 e. The van der Waals surface area contributed by atoms with Crippen molar-refractivity contribution in [3.63, 3.8) is 0 Å². The highest BCUT2D eigenvalue weighted by Crippen LogP contribution is 2.35. The van der Waals surface area contributed by atoms with Crippen molar-refractivity contribution >= 4 is 14.5 Å². The van der Waals surface area contributed by atoms with Crippen molar-refractivity contribution in [1.29, 1.82) is 0 Å². The minimum Gasteiger partial charge on any atom is -0.393 e. The zero-order valence-corrected chi connectivity index (χ0v) is 11.6. The van der Waals surface area contributed by atoms with E-state index in [-0.39, 0.29) is 0 Å². The lowest BCUT2D eigenvalue weighted by Gasteiger charge is -2.13. The van der Waals surface area contributed by atoms with Gasteiger partial charge in [-0.25, -0.2) is 0 Å². The Labute approximate surface area is 109 Å². The molecule has 0 spiro atoms. The first-order valence-electron chi connectivity index (χ1n) is 6.00. The Hall–Kier alpha value is -1.42. The Morgan fingerprint density at radius 2 is 1.61 bits per heavy atom. The lowest BCUT2D eigenvalue weighted by Crippen LogP contribution is -2.37. The highest BCUT2D eigenvalue weighted by Gasteiger charge is 2.26. The van der Waals surface area contributed by atoms with Crippen LogP contribution in [0.2, 0.25) is 0 Å². The second-order valence-corrected chi connectivity index (χ2v) is 6.29. The van der Waals surface area contributed by atoms with Crippen LogP contribution in [0, 0.1) is 0 Å². The second-order valence-electron chi connectivity index (χ2n) is 4.36. The fourth-order valence-corrected chi connectivity index (χ4v) is 3.96. The van der Waals surface area contributed by atoms with Crippen LogP contribution in [0.3, 0.4) is 0 Å². The number of hydrogen-bond acceptors (Lipinski definition) is 2. The third-order valence-electron chi connectivity index (χ3n) is 3.44. The predicted octanol–water partition coefficient (Wildman–Crippen LogP) is 2.25. The Morgan fingerprint density at radius 1 is 0.889 bits per heavy atom. The molecule has 3 rings (SSSR count). The molecular formula is C15H15O2Si. The minimum absolute atomic E-state index is 0.989. The largest absolute Gasteiger partial charge is 0.423 e. The summed E-state index contributed by atoms with van der Waals surface area (Å²) in [7, 11) is 2.10. The Kier molecular flexibility index (Phi) is 3.03. The van der Waals surface area contributed by atoms with Crippen molar-refractivity contribution in [2.75, 3.05) is 14.2 Å². The number of rotatable bonds is 3. The molecule has 0 heterocycles. The quantitative estimate of drug-likeness (QED) is 0.668. The van der Waals surface area contributed by atoms with E-state index in [9.17, 15) is 0 Å². The molecule has 0 fully saturated rings. The van der Waals surface area contributed by atoms with Gasteiger partial charge in [-0.1, -0.05) is 42.5 Å². The molecule has 0 N–H and O–H groups in total. The van der Waals surface area contributed by atoms with Gasteiger partial charge in [0.2, 0.25) is 0 Å². The van der Waals surface area contributed by atoms with Crippen molar-refractivity contribution in [2.45, 2.75) is 6.42 Å². The summed E-state index contributed by atoms with van der Waals surface area (Å²) in [6.07, 6.45) is 0.989. The normalized spacial score (nSPS) is 12.6. The van der Waals surface area contributed by atoms with Gasteiger partial charge in [-0.2, -0.15) is 0 Å². The molecule has 1 radical (unpaired) electrons. The van der Waals surface area contributed by atoms with Crippen LogP contribution in [0.25, 0.3) is 11.1 Å². The molecular weight excluding hydrogens is 240 g/mol. The first-order valence-corrected chi connectivity index (χ1v) is 7.32. The summed E-state index contributed by atoms with van der Waals surface area (Å²) in [6.45, 7) is 0. The highest BCUT2D eigenvalue weighted by molar-refractivity contribution is 6.62. The Balaban J connectivity index is 2.14. The molecule has 3 heteroatoms. The van der Waals surface area contributed by atoms with Gasteiger partial charge in [0.05, 0.1) is 0 Å². The summed E-state index contributed by atoms with van der Waals surface area (Å²) in [5.74, 6) is 0. The lowest BCUT2D eigenvalue weighted by atomic mass is 10.1. The molecule has 0 amide bonds. The van der Waals surface area contributed by atoms with Crippen LogP contribution in [-0.4, -0.2) is 23.5 Å². The molecule has 0 saturated carbocycles. The van der Waals surface area contributed by atoms with E-state index in [2.05, 4.69) is 42.5 Å². The predicted molar refractivity (Wildman–Crippen MR) is 74.1 cm³/mol. The molecule has 0 aliphatic heterocycles. The molecule has 0 unspecified atom stereocenters. The van der Waals surface area contributed by atoms with Crippen LogP contribution >= 0.6 is 0 Å². The average Bonchev–Trinajstić information content (AvgIpc) is 2.80. The lowest BCUT2D eigenvalue weighted by molar-refractivity contribution is 0.291. The van der Waals surface area contributed by atoms with E-state index in [0.717, 1.165) is 6.42 Å². The summed E-state index contributed by atoms with van der Waals surface area (Å²) in [5, 5.41) is 1.23. The molecule has 2 nitrogen and oxygen atoms in total. The second kappa shape index (κ2) is 4.69. The van der Waals surface area contributed by atoms with Crippen LogP contribution in [0.15, 0.2) is 42.5 Å². The standard InChI is InChI=1S/C15H15O2Si/c1-16-18(17-2)15-9-5-8-13-12-7-4-3-6-11(12)10-14(13)15/h3-9H,10H2,1-2H3. The van der Waals surface area contributed by atoms with Crippen LogP contribution < -0.4 is 5.19 Å². The molecule has 18 heavy (non-hydrogen) atoms. The molecule has 0 saturated heterocycles. The monoisotopic (exact) mass is 255 g/mol. The van der Waals surface area contributed by atoms with Crippen LogP contribution in [0.5, 0.6) is 0 Å². The first kappa shape index (κ1) is 11.7. The molecule has 1 aliphatic carbocycles. The van der Waals surface area contributed by atoms with Gasteiger partial charge in [0.15, 0.2) is 0 Å². The van der Waals surface area contributed by atoms with Gasteiger partial charge >= 0.3 is 9.28 Å². The van der Waals surface area contributed by atoms with Crippen molar-refractivity contribution in [3.05, 3.63) is 53.6 Å². The molecule has 2 aromatic carbocycles. The van der Waals surface area contributed by atoms with Gasteiger partial charge in [-0.15, -0.1) is 0 Å². The fourth-order valence-electron chi connectivity index (χ4n) is 2.65. The average molecular weight is 255 g/mol. The minimum atomic E-state index is -1.34. The maximum Gasteiger partial charge on any atom is 0.423 e. The van der Waals surface area contributed by atoms with Crippen LogP contribution in [-0.2, 0) is 15.3 Å². The van der Waals surface area contributed by atoms with E-state index < -0.39 is 9.28 Å². The summed E-state index contributed by atoms with van der Waals surface area (Å²) >= 11 is 0. The van der Waals surface area contributed by atoms with Gasteiger partial charge in [0, 0.05) is 14.2 Å². The molecule has 0 atom stereocenters. The first-order chi connectivity index (χ1) is 8.85. The van der Waals surface area contributed by atoms with Gasteiger partial charge < -0.3 is 8.85 Å².